The first-order valence-corrected chi connectivity index (χ1v) is 14.0. The van der Waals surface area contributed by atoms with Crippen LogP contribution in [0.15, 0.2) is 0 Å². The van der Waals surface area contributed by atoms with Crippen LogP contribution in [0.2, 0.25) is 0 Å². The van der Waals surface area contributed by atoms with Gasteiger partial charge in [0.05, 0.1) is 6.04 Å². The van der Waals surface area contributed by atoms with Gasteiger partial charge in [0.2, 0.25) is 40.9 Å². The first-order chi connectivity index (χ1) is 19.7. The maximum absolute atomic E-state index is 14.1. The number of rotatable bonds is 11. The highest BCUT2D eigenvalue weighted by atomic mass is 19.2. The van der Waals surface area contributed by atoms with Gasteiger partial charge < -0.3 is 25.4 Å². The van der Waals surface area contributed by atoms with Crippen LogP contribution in [0.3, 0.4) is 0 Å². The van der Waals surface area contributed by atoms with Crippen LogP contribution >= 0.6 is 0 Å². The van der Waals surface area contributed by atoms with Crippen LogP contribution in [-0.4, -0.2) is 71.4 Å². The Balaban J connectivity index is 1.53. The number of ether oxygens (including phenoxy) is 1. The number of likely N-dealkylation sites (tertiary alicyclic amines) is 1. The lowest BCUT2D eigenvalue weighted by atomic mass is 9.90. The average Bonchev–Trinajstić information content (AvgIpc) is 3.59. The molecule has 14 heteroatoms. The predicted molar refractivity (Wildman–Crippen MR) is 136 cm³/mol. The third-order valence-electron chi connectivity index (χ3n) is 8.18. The van der Waals surface area contributed by atoms with E-state index in [-0.39, 0.29) is 36.6 Å². The van der Waals surface area contributed by atoms with Crippen LogP contribution < -0.4 is 15.4 Å². The van der Waals surface area contributed by atoms with Crippen molar-refractivity contribution in [3.05, 3.63) is 29.1 Å². The molecule has 4 atom stereocenters. The molecule has 232 valence electrons. The van der Waals surface area contributed by atoms with Crippen LogP contribution in [0.1, 0.15) is 58.8 Å². The molecule has 2 aliphatic heterocycles. The second kappa shape index (κ2) is 12.5. The monoisotopic (exact) mass is 603 g/mol. The van der Waals surface area contributed by atoms with Gasteiger partial charge in [-0.25, -0.2) is 13.2 Å². The number of aliphatic hydroxyl groups excluding tert-OH is 1. The molecule has 0 aromatic heterocycles. The molecule has 1 spiro atoms. The molecule has 3 aliphatic rings. The quantitative estimate of drug-likeness (QED) is 0.203. The minimum absolute atomic E-state index is 0.00934. The van der Waals surface area contributed by atoms with Crippen molar-refractivity contribution in [2.75, 3.05) is 19.7 Å². The highest BCUT2D eigenvalue weighted by molar-refractivity contribution is 5.95. The Bertz CT molecular complexity index is 1230. The van der Waals surface area contributed by atoms with Crippen molar-refractivity contribution in [1.29, 1.82) is 0 Å². The number of ketones is 1. The SMILES string of the molecule is CC(C)C[C@@H](O)C(=O)N1CC2(CC2)C[C@H]1C(=O)N[C@@H](C[C@@H]1CCCNC1=O)C(=O)COc1c(F)c(F)c(F)c(F)c1F. The van der Waals surface area contributed by atoms with E-state index in [2.05, 4.69) is 10.6 Å². The fourth-order valence-electron chi connectivity index (χ4n) is 5.64. The molecule has 0 bridgehead atoms. The molecule has 1 aromatic carbocycles. The normalized spacial score (nSPS) is 22.6. The van der Waals surface area contributed by atoms with Gasteiger partial charge in [0.25, 0.3) is 5.91 Å². The molecular formula is C28H34F5N3O6. The van der Waals surface area contributed by atoms with Crippen LogP contribution in [-0.2, 0) is 19.2 Å². The summed E-state index contributed by atoms with van der Waals surface area (Å²) in [5.74, 6) is -16.5. The lowest BCUT2D eigenvalue weighted by Gasteiger charge is -2.30. The lowest BCUT2D eigenvalue weighted by molar-refractivity contribution is -0.146. The molecule has 2 saturated heterocycles. The highest BCUT2D eigenvalue weighted by Gasteiger charge is 2.56. The number of nitrogens with zero attached hydrogens (tertiary/aromatic N) is 1. The van der Waals surface area contributed by atoms with Gasteiger partial charge in [0.1, 0.15) is 18.8 Å². The van der Waals surface area contributed by atoms with Gasteiger partial charge in [-0.2, -0.15) is 8.78 Å². The number of amides is 3. The van der Waals surface area contributed by atoms with Gasteiger partial charge in [0.15, 0.2) is 11.5 Å². The van der Waals surface area contributed by atoms with Crippen molar-refractivity contribution < 1.29 is 51.0 Å². The van der Waals surface area contributed by atoms with Gasteiger partial charge in [-0.15, -0.1) is 0 Å². The Morgan fingerprint density at radius 3 is 2.26 bits per heavy atom. The summed E-state index contributed by atoms with van der Waals surface area (Å²) in [6.07, 6.45) is 1.46. The van der Waals surface area contributed by atoms with Crippen molar-refractivity contribution in [2.45, 2.75) is 77.0 Å². The van der Waals surface area contributed by atoms with Crippen LogP contribution in [0.4, 0.5) is 22.0 Å². The maximum atomic E-state index is 14.1. The number of benzene rings is 1. The number of piperidine rings is 1. The van der Waals surface area contributed by atoms with Crippen LogP contribution in [0.25, 0.3) is 0 Å². The minimum atomic E-state index is -2.39. The molecule has 0 unspecified atom stereocenters. The molecule has 1 saturated carbocycles. The smallest absolute Gasteiger partial charge is 0.252 e. The topological polar surface area (TPSA) is 125 Å². The first kappa shape index (κ1) is 31.6. The predicted octanol–water partition coefficient (Wildman–Crippen LogP) is 2.52. The number of carbonyl (C=O) groups excluding carboxylic acids is 4. The Kier molecular flexibility index (Phi) is 9.43. The van der Waals surface area contributed by atoms with Gasteiger partial charge in [0, 0.05) is 19.0 Å². The van der Waals surface area contributed by atoms with Gasteiger partial charge >= 0.3 is 0 Å². The number of aliphatic hydroxyl groups is 1. The number of carbonyl (C=O) groups is 4. The van der Waals surface area contributed by atoms with E-state index in [1.54, 1.807) is 0 Å². The molecule has 1 aliphatic carbocycles. The summed E-state index contributed by atoms with van der Waals surface area (Å²) in [6, 6.07) is -2.46. The molecule has 2 heterocycles. The second-order valence-electron chi connectivity index (χ2n) is 11.9. The van der Waals surface area contributed by atoms with E-state index in [0.29, 0.717) is 25.8 Å². The van der Waals surface area contributed by atoms with Gasteiger partial charge in [-0.05, 0) is 56.3 Å². The lowest BCUT2D eigenvalue weighted by Crippen LogP contribution is -2.54. The molecule has 4 rings (SSSR count). The third-order valence-corrected chi connectivity index (χ3v) is 8.18. The van der Waals surface area contributed by atoms with E-state index in [0.717, 1.165) is 12.8 Å². The summed E-state index contributed by atoms with van der Waals surface area (Å²) >= 11 is 0. The standard InChI is InChI=1S/C28H34F5N3O6/c1-13(2)8-17(37)27(41)36-12-28(5-6-28)10-16(36)26(40)35-15(9-14-4-3-7-34-25(14)39)18(38)11-42-24-22(32)20(30)19(29)21(31)23(24)33/h13-17,37H,3-12H2,1-2H3,(H,34,39)(H,35,40)/t14-,15-,16-,17+/m0/s1. The van der Waals surface area contributed by atoms with Crippen molar-refractivity contribution in [2.24, 2.45) is 17.3 Å². The van der Waals surface area contributed by atoms with Crippen molar-refractivity contribution in [1.82, 2.24) is 15.5 Å². The summed E-state index contributed by atoms with van der Waals surface area (Å²) in [7, 11) is 0. The van der Waals surface area contributed by atoms with Gasteiger partial charge in [-0.3, -0.25) is 19.2 Å². The average molecular weight is 604 g/mol. The van der Waals surface area contributed by atoms with Crippen molar-refractivity contribution >= 4 is 23.5 Å². The zero-order valence-corrected chi connectivity index (χ0v) is 23.3. The molecule has 3 N–H and O–H groups in total. The van der Waals surface area contributed by atoms with E-state index in [1.807, 2.05) is 13.8 Å². The van der Waals surface area contributed by atoms with E-state index in [9.17, 15) is 46.2 Å². The Labute approximate surface area is 239 Å². The van der Waals surface area contributed by atoms with Crippen molar-refractivity contribution in [3.63, 3.8) is 0 Å². The highest BCUT2D eigenvalue weighted by Crippen LogP contribution is 2.55. The summed E-state index contributed by atoms with van der Waals surface area (Å²) in [6.45, 7) is 3.16. The Hall–Kier alpha value is -3.29. The Morgan fingerprint density at radius 1 is 1.07 bits per heavy atom. The number of halogens is 5. The number of Topliss-reactive ketones (excluding diaryl/α,β-unsaturated/α-hetero) is 1. The van der Waals surface area contributed by atoms with E-state index < -0.39 is 83.1 Å². The van der Waals surface area contributed by atoms with E-state index >= 15 is 0 Å². The van der Waals surface area contributed by atoms with Crippen LogP contribution in [0, 0.1) is 46.3 Å². The summed E-state index contributed by atoms with van der Waals surface area (Å²) in [4.78, 5) is 53.5. The molecule has 3 amide bonds. The van der Waals surface area contributed by atoms with Crippen LogP contribution in [0.5, 0.6) is 5.75 Å². The Morgan fingerprint density at radius 2 is 1.69 bits per heavy atom. The van der Waals surface area contributed by atoms with E-state index in [1.165, 1.54) is 4.90 Å². The number of hydrogen-bond donors (Lipinski definition) is 3. The zero-order chi connectivity index (χ0) is 30.9. The third kappa shape index (κ3) is 6.68. The molecule has 1 aromatic rings. The van der Waals surface area contributed by atoms with Gasteiger partial charge in [-0.1, -0.05) is 13.8 Å². The first-order valence-electron chi connectivity index (χ1n) is 14.0. The van der Waals surface area contributed by atoms with E-state index in [4.69, 9.17) is 4.74 Å². The molecular weight excluding hydrogens is 569 g/mol. The molecule has 3 fully saturated rings. The number of hydrogen-bond acceptors (Lipinski definition) is 6. The summed E-state index contributed by atoms with van der Waals surface area (Å²) < 4.78 is 73.5. The largest absolute Gasteiger partial charge is 0.479 e. The fourth-order valence-corrected chi connectivity index (χ4v) is 5.64. The summed E-state index contributed by atoms with van der Waals surface area (Å²) in [5.41, 5.74) is -0.271. The number of nitrogens with one attached hydrogen (secondary N) is 2. The fraction of sp³-hybridized carbons (Fsp3) is 0.643. The molecule has 9 nitrogen and oxygen atoms in total. The minimum Gasteiger partial charge on any atom is -0.479 e. The zero-order valence-electron chi connectivity index (χ0n) is 23.3. The maximum Gasteiger partial charge on any atom is 0.252 e. The second-order valence-corrected chi connectivity index (χ2v) is 11.9. The molecule has 0 radical (unpaired) electrons. The van der Waals surface area contributed by atoms with Crippen molar-refractivity contribution in [3.8, 4) is 5.75 Å². The molecule has 42 heavy (non-hydrogen) atoms. The summed E-state index contributed by atoms with van der Waals surface area (Å²) in [5, 5.41) is 15.6.